The van der Waals surface area contributed by atoms with E-state index < -0.39 is 0 Å². The topological polar surface area (TPSA) is 36.9 Å². The highest BCUT2D eigenvalue weighted by Gasteiger charge is 2.20. The van der Waals surface area contributed by atoms with Gasteiger partial charge in [0.2, 0.25) is 0 Å². The number of nitrogens with one attached hydrogen (secondary N) is 1. The Labute approximate surface area is 126 Å². The van der Waals surface area contributed by atoms with E-state index in [-0.39, 0.29) is 5.82 Å². The Kier molecular flexibility index (Phi) is 5.84. The SMILES string of the molecule is CN=C(NCCC1CC1)N(C)CCOc1ccc(F)cc1. The van der Waals surface area contributed by atoms with E-state index >= 15 is 0 Å². The molecule has 1 aromatic carbocycles. The van der Waals surface area contributed by atoms with Crippen molar-refractivity contribution in [2.24, 2.45) is 10.9 Å². The lowest BCUT2D eigenvalue weighted by atomic mass is 10.3. The van der Waals surface area contributed by atoms with Gasteiger partial charge < -0.3 is 15.0 Å². The summed E-state index contributed by atoms with van der Waals surface area (Å²) in [6.07, 6.45) is 3.97. The van der Waals surface area contributed by atoms with Crippen LogP contribution >= 0.6 is 0 Å². The molecular weight excluding hydrogens is 269 g/mol. The average Bonchev–Trinajstić information content (AvgIpc) is 3.30. The maximum Gasteiger partial charge on any atom is 0.193 e. The van der Waals surface area contributed by atoms with Crippen LogP contribution in [-0.2, 0) is 0 Å². The summed E-state index contributed by atoms with van der Waals surface area (Å²) in [5.74, 6) is 2.24. The van der Waals surface area contributed by atoms with E-state index in [1.54, 1.807) is 19.2 Å². The maximum atomic E-state index is 12.8. The zero-order valence-electron chi connectivity index (χ0n) is 12.8. The fourth-order valence-corrected chi connectivity index (χ4v) is 2.12. The first-order valence-electron chi connectivity index (χ1n) is 7.49. The number of benzene rings is 1. The van der Waals surface area contributed by atoms with Crippen LogP contribution < -0.4 is 10.1 Å². The normalized spacial score (nSPS) is 14.9. The molecule has 2 rings (SSSR count). The zero-order chi connectivity index (χ0) is 15.1. The summed E-state index contributed by atoms with van der Waals surface area (Å²) in [6, 6.07) is 6.07. The third kappa shape index (κ3) is 5.61. The fraction of sp³-hybridized carbons (Fsp3) is 0.562. The van der Waals surface area contributed by atoms with Crippen molar-refractivity contribution >= 4 is 5.96 Å². The lowest BCUT2D eigenvalue weighted by molar-refractivity contribution is 0.281. The lowest BCUT2D eigenvalue weighted by Gasteiger charge is -2.22. The first-order valence-corrected chi connectivity index (χ1v) is 7.49. The van der Waals surface area contributed by atoms with E-state index in [9.17, 15) is 4.39 Å². The van der Waals surface area contributed by atoms with Crippen LogP contribution in [0.15, 0.2) is 29.3 Å². The molecule has 1 aliphatic rings. The largest absolute Gasteiger partial charge is 0.492 e. The number of ether oxygens (including phenoxy) is 1. The molecule has 0 saturated heterocycles. The molecule has 0 spiro atoms. The summed E-state index contributed by atoms with van der Waals surface area (Å²) < 4.78 is 18.4. The second kappa shape index (κ2) is 7.86. The smallest absolute Gasteiger partial charge is 0.193 e. The minimum atomic E-state index is -0.250. The number of hydrogen-bond acceptors (Lipinski definition) is 2. The summed E-state index contributed by atoms with van der Waals surface area (Å²) in [7, 11) is 3.78. The molecule has 1 saturated carbocycles. The van der Waals surface area contributed by atoms with E-state index in [2.05, 4.69) is 10.3 Å². The Bertz CT molecular complexity index is 457. The molecule has 1 N–H and O–H groups in total. The molecule has 0 bridgehead atoms. The minimum absolute atomic E-state index is 0.250. The number of likely N-dealkylation sites (N-methyl/N-ethyl adjacent to an activating group) is 1. The Hall–Kier alpha value is -1.78. The average molecular weight is 293 g/mol. The van der Waals surface area contributed by atoms with Crippen LogP contribution in [0.1, 0.15) is 19.3 Å². The lowest BCUT2D eigenvalue weighted by Crippen LogP contribution is -2.41. The van der Waals surface area contributed by atoms with E-state index in [1.807, 2.05) is 11.9 Å². The predicted octanol–water partition coefficient (Wildman–Crippen LogP) is 2.51. The zero-order valence-corrected chi connectivity index (χ0v) is 12.8. The maximum absolute atomic E-state index is 12.8. The molecule has 21 heavy (non-hydrogen) atoms. The van der Waals surface area contributed by atoms with Crippen molar-refractivity contribution in [2.45, 2.75) is 19.3 Å². The van der Waals surface area contributed by atoms with Gasteiger partial charge in [-0.25, -0.2) is 4.39 Å². The number of guanidine groups is 1. The van der Waals surface area contributed by atoms with Gasteiger partial charge in [-0.15, -0.1) is 0 Å². The number of rotatable bonds is 7. The van der Waals surface area contributed by atoms with Gasteiger partial charge in [-0.05, 0) is 36.6 Å². The molecule has 0 aliphatic heterocycles. The van der Waals surface area contributed by atoms with Crippen molar-refractivity contribution in [3.8, 4) is 5.75 Å². The third-order valence-corrected chi connectivity index (χ3v) is 3.62. The molecule has 0 radical (unpaired) electrons. The van der Waals surface area contributed by atoms with Crippen molar-refractivity contribution in [1.82, 2.24) is 10.2 Å². The highest BCUT2D eigenvalue weighted by Crippen LogP contribution is 2.31. The number of aliphatic imine (C=N–C) groups is 1. The molecule has 4 nitrogen and oxygen atoms in total. The van der Waals surface area contributed by atoms with Gasteiger partial charge >= 0.3 is 0 Å². The van der Waals surface area contributed by atoms with Gasteiger partial charge in [0.05, 0.1) is 6.54 Å². The molecule has 116 valence electrons. The van der Waals surface area contributed by atoms with Crippen LogP contribution in [0.4, 0.5) is 4.39 Å². The number of nitrogens with zero attached hydrogens (tertiary/aromatic N) is 2. The van der Waals surface area contributed by atoms with Gasteiger partial charge in [0.25, 0.3) is 0 Å². The van der Waals surface area contributed by atoms with E-state index in [1.165, 1.54) is 31.4 Å². The Morgan fingerprint density at radius 2 is 2.10 bits per heavy atom. The van der Waals surface area contributed by atoms with Gasteiger partial charge in [0, 0.05) is 20.6 Å². The van der Waals surface area contributed by atoms with Crippen LogP contribution in [0.2, 0.25) is 0 Å². The van der Waals surface area contributed by atoms with Crippen molar-refractivity contribution in [2.75, 3.05) is 33.8 Å². The number of halogens is 1. The third-order valence-electron chi connectivity index (χ3n) is 3.62. The van der Waals surface area contributed by atoms with Crippen molar-refractivity contribution in [3.63, 3.8) is 0 Å². The summed E-state index contributed by atoms with van der Waals surface area (Å²) in [6.45, 7) is 2.23. The Morgan fingerprint density at radius 1 is 1.38 bits per heavy atom. The van der Waals surface area contributed by atoms with Crippen LogP contribution in [0, 0.1) is 11.7 Å². The van der Waals surface area contributed by atoms with E-state index in [0.29, 0.717) is 12.4 Å². The van der Waals surface area contributed by atoms with E-state index in [4.69, 9.17) is 4.74 Å². The molecule has 5 heteroatoms. The molecule has 0 atom stereocenters. The first-order chi connectivity index (χ1) is 10.2. The first kappa shape index (κ1) is 15.6. The standard InChI is InChI=1S/C16H24FN3O/c1-18-16(19-10-9-13-3-4-13)20(2)11-12-21-15-7-5-14(17)6-8-15/h5-8,13H,3-4,9-12H2,1-2H3,(H,18,19). The minimum Gasteiger partial charge on any atom is -0.492 e. The molecule has 1 aliphatic carbocycles. The monoisotopic (exact) mass is 293 g/mol. The predicted molar refractivity (Wildman–Crippen MR) is 83.2 cm³/mol. The van der Waals surface area contributed by atoms with Gasteiger partial charge in [-0.1, -0.05) is 12.8 Å². The summed E-state index contributed by atoms with van der Waals surface area (Å²) in [4.78, 5) is 6.31. The summed E-state index contributed by atoms with van der Waals surface area (Å²) in [5.41, 5.74) is 0. The van der Waals surface area contributed by atoms with Crippen molar-refractivity contribution < 1.29 is 9.13 Å². The Balaban J connectivity index is 1.66. The summed E-state index contributed by atoms with van der Waals surface area (Å²) in [5, 5.41) is 3.37. The van der Waals surface area contributed by atoms with Gasteiger partial charge in [0.15, 0.2) is 5.96 Å². The second-order valence-electron chi connectivity index (χ2n) is 5.43. The van der Waals surface area contributed by atoms with Crippen LogP contribution in [0.25, 0.3) is 0 Å². The van der Waals surface area contributed by atoms with Crippen LogP contribution in [-0.4, -0.2) is 44.7 Å². The Morgan fingerprint density at radius 3 is 2.71 bits per heavy atom. The van der Waals surface area contributed by atoms with Gasteiger partial charge in [0.1, 0.15) is 18.2 Å². The van der Waals surface area contributed by atoms with E-state index in [0.717, 1.165) is 25.0 Å². The van der Waals surface area contributed by atoms with Gasteiger partial charge in [-0.2, -0.15) is 0 Å². The molecule has 1 aromatic rings. The fourth-order valence-electron chi connectivity index (χ4n) is 2.12. The molecule has 1 fully saturated rings. The summed E-state index contributed by atoms with van der Waals surface area (Å²) >= 11 is 0. The molecule has 0 amide bonds. The second-order valence-corrected chi connectivity index (χ2v) is 5.43. The molecule has 0 heterocycles. The quantitative estimate of drug-likeness (QED) is 0.620. The molecule has 0 unspecified atom stereocenters. The van der Waals surface area contributed by atoms with Crippen molar-refractivity contribution in [3.05, 3.63) is 30.1 Å². The highest BCUT2D eigenvalue weighted by molar-refractivity contribution is 5.79. The van der Waals surface area contributed by atoms with Crippen LogP contribution in [0.3, 0.4) is 0 Å². The van der Waals surface area contributed by atoms with Gasteiger partial charge in [-0.3, -0.25) is 4.99 Å². The molecular formula is C16H24FN3O. The number of hydrogen-bond donors (Lipinski definition) is 1. The van der Waals surface area contributed by atoms with Crippen molar-refractivity contribution in [1.29, 1.82) is 0 Å². The van der Waals surface area contributed by atoms with Crippen LogP contribution in [0.5, 0.6) is 5.75 Å². The molecule has 0 aromatic heterocycles. The highest BCUT2D eigenvalue weighted by atomic mass is 19.1.